The number of halogens is 2. The highest BCUT2D eigenvalue weighted by molar-refractivity contribution is 7.89. The first-order chi connectivity index (χ1) is 14.3. The van der Waals surface area contributed by atoms with E-state index >= 15 is 0 Å². The third kappa shape index (κ3) is 6.50. The molecule has 3 rings (SSSR count). The average molecular weight is 472 g/mol. The fourth-order valence-electron chi connectivity index (χ4n) is 3.08. The van der Waals surface area contributed by atoms with E-state index in [1.807, 2.05) is 18.2 Å². The summed E-state index contributed by atoms with van der Waals surface area (Å²) in [4.78, 5) is 14.0. The maximum Gasteiger partial charge on any atom is 0.257 e. The number of carbonyl (C=O) groups is 1. The number of benzene rings is 2. The third-order valence-electron chi connectivity index (χ3n) is 4.67. The summed E-state index contributed by atoms with van der Waals surface area (Å²) < 4.78 is 31.9. The van der Waals surface area contributed by atoms with E-state index in [0.29, 0.717) is 42.0 Å². The van der Waals surface area contributed by atoms with Crippen LogP contribution in [0.1, 0.15) is 0 Å². The molecule has 1 amide bonds. The number of nitrogens with one attached hydrogen (secondary N) is 1. The van der Waals surface area contributed by atoms with Crippen molar-refractivity contribution in [3.63, 3.8) is 0 Å². The van der Waals surface area contributed by atoms with Gasteiger partial charge in [-0.05, 0) is 42.5 Å². The van der Waals surface area contributed by atoms with Gasteiger partial charge in [0.15, 0.2) is 6.61 Å². The Morgan fingerprint density at radius 3 is 2.37 bits per heavy atom. The van der Waals surface area contributed by atoms with Crippen molar-refractivity contribution >= 4 is 44.8 Å². The Bertz CT molecular complexity index is 962. The van der Waals surface area contributed by atoms with Gasteiger partial charge in [-0.2, -0.15) is 4.31 Å². The van der Waals surface area contributed by atoms with Crippen molar-refractivity contribution in [1.29, 1.82) is 0 Å². The molecule has 1 aliphatic heterocycles. The van der Waals surface area contributed by atoms with Crippen LogP contribution in [-0.2, 0) is 14.8 Å². The quantitative estimate of drug-likeness (QED) is 0.639. The number of hydrogen-bond acceptors (Lipinski definition) is 5. The van der Waals surface area contributed by atoms with Crippen molar-refractivity contribution in [3.05, 3.63) is 58.6 Å². The van der Waals surface area contributed by atoms with E-state index in [1.165, 1.54) is 4.31 Å². The molecule has 0 aliphatic carbocycles. The Kier molecular flexibility index (Phi) is 7.82. The van der Waals surface area contributed by atoms with Gasteiger partial charge in [-0.25, -0.2) is 8.42 Å². The van der Waals surface area contributed by atoms with Crippen LogP contribution in [0.3, 0.4) is 0 Å². The van der Waals surface area contributed by atoms with Crippen LogP contribution in [0.15, 0.2) is 48.5 Å². The van der Waals surface area contributed by atoms with Crippen LogP contribution in [0.4, 0.5) is 5.69 Å². The van der Waals surface area contributed by atoms with E-state index in [9.17, 15) is 13.2 Å². The van der Waals surface area contributed by atoms with Gasteiger partial charge in [-0.15, -0.1) is 0 Å². The molecular weight excluding hydrogens is 449 g/mol. The first-order valence-corrected chi connectivity index (χ1v) is 11.8. The molecule has 1 aliphatic rings. The van der Waals surface area contributed by atoms with Crippen LogP contribution >= 0.6 is 23.2 Å². The highest BCUT2D eigenvalue weighted by Crippen LogP contribution is 2.21. The second kappa shape index (κ2) is 10.3. The first-order valence-electron chi connectivity index (χ1n) is 9.47. The Labute approximate surface area is 186 Å². The lowest BCUT2D eigenvalue weighted by Crippen LogP contribution is -2.50. The molecule has 7 nitrogen and oxygen atoms in total. The Morgan fingerprint density at radius 2 is 1.70 bits per heavy atom. The maximum atomic E-state index is 12.6. The zero-order chi connectivity index (χ0) is 21.6. The summed E-state index contributed by atoms with van der Waals surface area (Å²) in [5, 5.41) is 3.81. The molecule has 0 unspecified atom stereocenters. The highest BCUT2D eigenvalue weighted by atomic mass is 35.5. The normalized spacial score (nSPS) is 15.1. The highest BCUT2D eigenvalue weighted by Gasteiger charge is 2.27. The Hall–Kier alpha value is -2.00. The number of amides is 1. The van der Waals surface area contributed by atoms with Crippen LogP contribution in [0.25, 0.3) is 0 Å². The minimum Gasteiger partial charge on any atom is -0.484 e. The van der Waals surface area contributed by atoms with E-state index in [2.05, 4.69) is 10.2 Å². The first kappa shape index (κ1) is 22.7. The molecule has 1 fully saturated rings. The zero-order valence-corrected chi connectivity index (χ0v) is 18.6. The van der Waals surface area contributed by atoms with E-state index in [1.54, 1.807) is 30.3 Å². The lowest BCUT2D eigenvalue weighted by molar-refractivity contribution is -0.122. The zero-order valence-electron chi connectivity index (χ0n) is 16.3. The summed E-state index contributed by atoms with van der Waals surface area (Å²) in [6.45, 7) is 1.78. The molecule has 162 valence electrons. The van der Waals surface area contributed by atoms with Gasteiger partial charge in [0.1, 0.15) is 5.75 Å². The van der Waals surface area contributed by atoms with Crippen molar-refractivity contribution in [2.45, 2.75) is 0 Å². The van der Waals surface area contributed by atoms with Gasteiger partial charge >= 0.3 is 0 Å². The Morgan fingerprint density at radius 1 is 1.00 bits per heavy atom. The van der Waals surface area contributed by atoms with Gasteiger partial charge in [0.25, 0.3) is 5.91 Å². The molecule has 0 spiro atoms. The lowest BCUT2D eigenvalue weighted by Gasteiger charge is -2.35. The number of carbonyl (C=O) groups excluding carboxylic acids is 1. The molecule has 1 saturated heterocycles. The molecule has 1 heterocycles. The van der Waals surface area contributed by atoms with Gasteiger partial charge in [0, 0.05) is 48.5 Å². The fraction of sp³-hybridized carbons (Fsp3) is 0.350. The topological polar surface area (TPSA) is 78.9 Å². The summed E-state index contributed by atoms with van der Waals surface area (Å²) in [5.41, 5.74) is 0.979. The molecule has 0 saturated carbocycles. The van der Waals surface area contributed by atoms with Crippen molar-refractivity contribution in [1.82, 2.24) is 9.62 Å². The summed E-state index contributed by atoms with van der Waals surface area (Å²) >= 11 is 11.8. The van der Waals surface area contributed by atoms with Gasteiger partial charge < -0.3 is 15.0 Å². The summed E-state index contributed by atoms with van der Waals surface area (Å²) in [6.07, 6.45) is 0. The maximum absolute atomic E-state index is 12.6. The van der Waals surface area contributed by atoms with Crippen molar-refractivity contribution in [2.75, 3.05) is 50.0 Å². The van der Waals surface area contributed by atoms with E-state index in [0.717, 1.165) is 5.69 Å². The van der Waals surface area contributed by atoms with Crippen molar-refractivity contribution in [3.8, 4) is 5.75 Å². The molecular formula is C20H23Cl2N3O4S. The Balaban J connectivity index is 1.40. The number of nitrogens with zero attached hydrogens (tertiary/aromatic N) is 2. The van der Waals surface area contributed by atoms with Crippen LogP contribution in [0.2, 0.25) is 10.0 Å². The largest absolute Gasteiger partial charge is 0.484 e. The van der Waals surface area contributed by atoms with E-state index < -0.39 is 10.0 Å². The second-order valence-electron chi connectivity index (χ2n) is 6.77. The second-order valence-corrected chi connectivity index (χ2v) is 9.74. The summed E-state index contributed by atoms with van der Waals surface area (Å²) in [5.74, 6) is -0.0257. The minimum absolute atomic E-state index is 0.0274. The minimum atomic E-state index is -3.45. The number of rotatable bonds is 8. The molecule has 1 N–H and O–H groups in total. The summed E-state index contributed by atoms with van der Waals surface area (Å²) in [7, 11) is -3.45. The molecule has 0 radical (unpaired) electrons. The van der Waals surface area contributed by atoms with Gasteiger partial charge in [0.2, 0.25) is 10.0 Å². The predicted octanol–water partition coefficient (Wildman–Crippen LogP) is 2.64. The van der Waals surface area contributed by atoms with Crippen LogP contribution in [-0.4, -0.2) is 63.7 Å². The molecule has 10 heteroatoms. The van der Waals surface area contributed by atoms with Gasteiger partial charge in [-0.3, -0.25) is 4.79 Å². The molecule has 30 heavy (non-hydrogen) atoms. The van der Waals surface area contributed by atoms with Crippen LogP contribution in [0, 0.1) is 0 Å². The van der Waals surface area contributed by atoms with E-state index in [-0.39, 0.29) is 24.8 Å². The van der Waals surface area contributed by atoms with Gasteiger partial charge in [-0.1, -0.05) is 29.3 Å². The van der Waals surface area contributed by atoms with Crippen molar-refractivity contribution in [2.24, 2.45) is 0 Å². The van der Waals surface area contributed by atoms with Crippen LogP contribution in [0.5, 0.6) is 5.75 Å². The molecule has 2 aromatic rings. The summed E-state index contributed by atoms with van der Waals surface area (Å²) in [6, 6.07) is 14.1. The number of ether oxygens (including phenoxy) is 1. The smallest absolute Gasteiger partial charge is 0.257 e. The monoisotopic (exact) mass is 471 g/mol. The van der Waals surface area contributed by atoms with E-state index in [4.69, 9.17) is 27.9 Å². The number of hydrogen-bond donors (Lipinski definition) is 1. The standard InChI is InChI=1S/C20H23Cl2N3O4S/c21-16-4-6-19(7-5-16)29-15-20(26)23-8-13-30(27,28)25-11-9-24(10-12-25)18-3-1-2-17(22)14-18/h1-7,14H,8-13,15H2,(H,23,26). The predicted molar refractivity (Wildman–Crippen MR) is 119 cm³/mol. The fourth-order valence-corrected chi connectivity index (χ4v) is 4.72. The van der Waals surface area contributed by atoms with Gasteiger partial charge in [0.05, 0.1) is 5.75 Å². The molecule has 2 aromatic carbocycles. The number of sulfonamides is 1. The average Bonchev–Trinajstić information content (AvgIpc) is 2.73. The third-order valence-corrected chi connectivity index (χ3v) is 7.03. The molecule has 0 bridgehead atoms. The van der Waals surface area contributed by atoms with Crippen molar-refractivity contribution < 1.29 is 17.9 Å². The lowest BCUT2D eigenvalue weighted by atomic mass is 10.2. The number of anilines is 1. The molecule has 0 aromatic heterocycles. The SMILES string of the molecule is O=C(COc1ccc(Cl)cc1)NCCS(=O)(=O)N1CCN(c2cccc(Cl)c2)CC1. The number of piperazine rings is 1. The molecule has 0 atom stereocenters. The van der Waals surface area contributed by atoms with Crippen LogP contribution < -0.4 is 15.0 Å².